The van der Waals surface area contributed by atoms with Crippen LogP contribution in [0.15, 0.2) is 48.5 Å². The molecule has 36 heavy (non-hydrogen) atoms. The predicted octanol–water partition coefficient (Wildman–Crippen LogP) is 6.81. The summed E-state index contributed by atoms with van der Waals surface area (Å²) < 4.78 is 71.5. The van der Waals surface area contributed by atoms with E-state index < -0.39 is 16.4 Å². The fraction of sp³-hybridized carbons (Fsp3) is 0.462. The topological polar surface area (TPSA) is 49.9 Å². The molecule has 0 saturated heterocycles. The minimum atomic E-state index is -4.79. The highest BCUT2D eigenvalue weighted by molar-refractivity contribution is 7.93. The largest absolute Gasteiger partial charge is 0.573 e. The van der Waals surface area contributed by atoms with Crippen LogP contribution in [-0.4, -0.2) is 44.6 Å². The van der Waals surface area contributed by atoms with Gasteiger partial charge in [0.25, 0.3) is 0 Å². The molecule has 0 unspecified atom stereocenters. The Kier molecular flexibility index (Phi) is 8.95. The maximum atomic E-state index is 13.8. The molecule has 0 aliphatic rings. The molecule has 5 nitrogen and oxygen atoms in total. The lowest BCUT2D eigenvalue weighted by molar-refractivity contribution is -0.274. The van der Waals surface area contributed by atoms with E-state index in [9.17, 15) is 21.6 Å². The first kappa shape index (κ1) is 28.3. The fourth-order valence-electron chi connectivity index (χ4n) is 4.03. The highest BCUT2D eigenvalue weighted by Crippen LogP contribution is 2.39. The van der Waals surface area contributed by atoms with E-state index in [4.69, 9.17) is 0 Å². The van der Waals surface area contributed by atoms with Crippen LogP contribution >= 0.6 is 11.3 Å². The molecule has 3 aromatic rings. The van der Waals surface area contributed by atoms with Gasteiger partial charge in [0.1, 0.15) is 10.8 Å². The van der Waals surface area contributed by atoms with Gasteiger partial charge in [-0.25, -0.2) is 8.42 Å². The van der Waals surface area contributed by atoms with Crippen LogP contribution in [0.3, 0.4) is 0 Å². The van der Waals surface area contributed by atoms with Crippen LogP contribution in [-0.2, 0) is 16.6 Å². The first-order valence-electron chi connectivity index (χ1n) is 11.8. The zero-order valence-corrected chi connectivity index (χ0v) is 22.8. The van der Waals surface area contributed by atoms with Crippen molar-refractivity contribution in [3.8, 4) is 5.75 Å². The van der Waals surface area contributed by atoms with Gasteiger partial charge < -0.3 is 4.74 Å². The Labute approximate surface area is 215 Å². The molecule has 10 heteroatoms. The zero-order chi connectivity index (χ0) is 26.7. The van der Waals surface area contributed by atoms with Gasteiger partial charge in [-0.1, -0.05) is 44.2 Å². The lowest BCUT2D eigenvalue weighted by Gasteiger charge is -2.30. The van der Waals surface area contributed by atoms with Crippen molar-refractivity contribution in [3.63, 3.8) is 0 Å². The number of fused-ring (bicyclic) bond motifs is 1. The molecule has 0 spiro atoms. The molecular weight excluding hydrogens is 509 g/mol. The SMILES string of the molecule is Cc1c(N(Cc2ccc(OC(F)(F)F)cc2)S(=O)(=O)CCN(CC(C)C)C(C)C)sc2ccccc12. The van der Waals surface area contributed by atoms with E-state index in [1.165, 1.54) is 39.9 Å². The van der Waals surface area contributed by atoms with E-state index in [1.807, 2.05) is 45.0 Å². The third-order valence-corrected chi connectivity index (χ3v) is 8.92. The van der Waals surface area contributed by atoms with Crippen molar-refractivity contribution in [3.05, 3.63) is 59.7 Å². The number of rotatable bonds is 11. The van der Waals surface area contributed by atoms with Gasteiger partial charge in [-0.3, -0.25) is 9.21 Å². The van der Waals surface area contributed by atoms with Crippen LogP contribution in [0.1, 0.15) is 38.8 Å². The lowest BCUT2D eigenvalue weighted by Crippen LogP contribution is -2.41. The van der Waals surface area contributed by atoms with Gasteiger partial charge in [-0.15, -0.1) is 24.5 Å². The van der Waals surface area contributed by atoms with Crippen LogP contribution in [0.4, 0.5) is 18.2 Å². The summed E-state index contributed by atoms with van der Waals surface area (Å²) in [6, 6.07) is 13.3. The molecule has 2 aromatic carbocycles. The number of aryl methyl sites for hydroxylation is 1. The Balaban J connectivity index is 1.94. The molecule has 0 fully saturated rings. The van der Waals surface area contributed by atoms with E-state index in [2.05, 4.69) is 23.5 Å². The number of hydrogen-bond donors (Lipinski definition) is 0. The molecule has 0 bridgehead atoms. The number of halogens is 3. The highest BCUT2D eigenvalue weighted by Gasteiger charge is 2.31. The number of anilines is 1. The van der Waals surface area contributed by atoms with Crippen molar-refractivity contribution in [2.45, 2.75) is 53.6 Å². The third-order valence-electron chi connectivity index (χ3n) is 5.83. The van der Waals surface area contributed by atoms with Gasteiger partial charge in [-0.05, 0) is 61.4 Å². The number of nitrogens with zero attached hydrogens (tertiary/aromatic N) is 2. The molecule has 0 atom stereocenters. The number of benzene rings is 2. The second-order valence-corrected chi connectivity index (χ2v) is 12.6. The van der Waals surface area contributed by atoms with E-state index in [1.54, 1.807) is 0 Å². The molecule has 1 aromatic heterocycles. The molecule has 198 valence electrons. The normalized spacial score (nSPS) is 12.8. The number of ether oxygens (including phenoxy) is 1. The first-order chi connectivity index (χ1) is 16.8. The molecule has 0 N–H and O–H groups in total. The Bertz CT molecular complexity index is 1250. The van der Waals surface area contributed by atoms with E-state index in [-0.39, 0.29) is 24.1 Å². The Morgan fingerprint density at radius 1 is 1.00 bits per heavy atom. The van der Waals surface area contributed by atoms with Crippen LogP contribution < -0.4 is 9.04 Å². The second-order valence-electron chi connectivity index (χ2n) is 9.53. The molecule has 0 amide bonds. The summed E-state index contributed by atoms with van der Waals surface area (Å²) in [6.45, 7) is 11.4. The molecule has 0 saturated carbocycles. The molecule has 0 aliphatic carbocycles. The molecule has 3 rings (SSSR count). The maximum Gasteiger partial charge on any atom is 0.573 e. The molecule has 0 radical (unpaired) electrons. The van der Waals surface area contributed by atoms with Crippen molar-refractivity contribution in [1.29, 1.82) is 0 Å². The van der Waals surface area contributed by atoms with Gasteiger partial charge in [0, 0.05) is 23.8 Å². The molecular formula is C26H33F3N2O3S2. The Hall–Kier alpha value is -2.30. The quantitative estimate of drug-likeness (QED) is 0.267. The number of sulfonamides is 1. The van der Waals surface area contributed by atoms with Crippen molar-refractivity contribution >= 4 is 36.4 Å². The summed E-state index contributed by atoms with van der Waals surface area (Å²) in [6.07, 6.45) is -4.79. The van der Waals surface area contributed by atoms with Crippen LogP contribution in [0.2, 0.25) is 0 Å². The van der Waals surface area contributed by atoms with Crippen LogP contribution in [0, 0.1) is 12.8 Å². The summed E-state index contributed by atoms with van der Waals surface area (Å²) in [5.41, 5.74) is 1.42. The minimum Gasteiger partial charge on any atom is -0.406 e. The van der Waals surface area contributed by atoms with Gasteiger partial charge >= 0.3 is 6.36 Å². The monoisotopic (exact) mass is 542 g/mol. The van der Waals surface area contributed by atoms with Crippen molar-refractivity contribution in [2.24, 2.45) is 5.92 Å². The van der Waals surface area contributed by atoms with Gasteiger partial charge in [0.15, 0.2) is 0 Å². The van der Waals surface area contributed by atoms with Gasteiger partial charge in [-0.2, -0.15) is 0 Å². The summed E-state index contributed by atoms with van der Waals surface area (Å²) >= 11 is 1.40. The summed E-state index contributed by atoms with van der Waals surface area (Å²) in [5, 5.41) is 1.60. The number of hydrogen-bond acceptors (Lipinski definition) is 5. The van der Waals surface area contributed by atoms with Crippen molar-refractivity contribution in [1.82, 2.24) is 4.90 Å². The Morgan fingerprint density at radius 2 is 1.64 bits per heavy atom. The van der Waals surface area contributed by atoms with E-state index in [0.29, 0.717) is 23.0 Å². The highest BCUT2D eigenvalue weighted by atomic mass is 32.2. The van der Waals surface area contributed by atoms with Crippen molar-refractivity contribution < 1.29 is 26.3 Å². The molecule has 1 heterocycles. The summed E-state index contributed by atoms with van der Waals surface area (Å²) in [4.78, 5) is 2.15. The number of thiophene rings is 1. The third kappa shape index (κ3) is 7.36. The fourth-order valence-corrected chi connectivity index (χ4v) is 7.02. The Morgan fingerprint density at radius 3 is 2.19 bits per heavy atom. The average Bonchev–Trinajstić information content (AvgIpc) is 3.10. The smallest absolute Gasteiger partial charge is 0.406 e. The summed E-state index contributed by atoms with van der Waals surface area (Å²) in [7, 11) is -3.76. The van der Waals surface area contributed by atoms with E-state index >= 15 is 0 Å². The standard InChI is InChI=1S/C26H33F3N2O3S2/c1-18(2)16-30(19(3)4)14-15-36(32,33)31(25-20(5)23-8-6-7-9-24(23)35-25)17-21-10-12-22(13-11-21)34-26(27,28)29/h6-13,18-19H,14-17H2,1-5H3. The maximum absolute atomic E-state index is 13.8. The average molecular weight is 543 g/mol. The second kappa shape index (κ2) is 11.4. The van der Waals surface area contributed by atoms with Gasteiger partial charge in [0.05, 0.1) is 12.3 Å². The lowest BCUT2D eigenvalue weighted by atomic mass is 10.2. The van der Waals surface area contributed by atoms with Crippen molar-refractivity contribution in [2.75, 3.05) is 23.1 Å². The summed E-state index contributed by atoms with van der Waals surface area (Å²) in [5.74, 6) is -0.0191. The molecule has 0 aliphatic heterocycles. The van der Waals surface area contributed by atoms with Crippen LogP contribution in [0.25, 0.3) is 10.1 Å². The van der Waals surface area contributed by atoms with Gasteiger partial charge in [0.2, 0.25) is 10.0 Å². The number of alkyl halides is 3. The predicted molar refractivity (Wildman–Crippen MR) is 141 cm³/mol. The van der Waals surface area contributed by atoms with E-state index in [0.717, 1.165) is 22.2 Å². The zero-order valence-electron chi connectivity index (χ0n) is 21.2. The van der Waals surface area contributed by atoms with Crippen LogP contribution in [0.5, 0.6) is 5.75 Å². The minimum absolute atomic E-state index is 0.00809. The first-order valence-corrected chi connectivity index (χ1v) is 14.3.